The molecule has 29 heavy (non-hydrogen) atoms. The Hall–Kier alpha value is -1.40. The van der Waals surface area contributed by atoms with Gasteiger partial charge in [-0.05, 0) is 82.5 Å². The molecule has 0 aliphatic heterocycles. The fourth-order valence-corrected chi connectivity index (χ4v) is 3.86. The monoisotopic (exact) mass is 414 g/mol. The standard InChI is InChI=1S/C15H22N2O2.C4H10O2.C2H6O2/c18-10-16-14-5-1-12(2-6-14)9-13-3-7-15(8-4-13)17-11-19;5-3-1-2-4-6;3-1-2-4/h12-15H,1-9H2;5-6H,1-4H2;3-4H,1-2H2. The normalized spacial score (nSPS) is 25.8. The van der Waals surface area contributed by atoms with Gasteiger partial charge in [0.05, 0.1) is 25.3 Å². The summed E-state index contributed by atoms with van der Waals surface area (Å²) in [6, 6.07) is 0.456. The van der Waals surface area contributed by atoms with Crippen molar-refractivity contribution in [2.24, 2.45) is 21.8 Å². The largest absolute Gasteiger partial charge is 0.396 e. The maximum Gasteiger partial charge on any atom is 0.235 e. The second kappa shape index (κ2) is 19.9. The summed E-state index contributed by atoms with van der Waals surface area (Å²) in [5.74, 6) is 1.60. The van der Waals surface area contributed by atoms with Crippen LogP contribution in [0.25, 0.3) is 0 Å². The average Bonchev–Trinajstić information content (AvgIpc) is 2.76. The highest BCUT2D eigenvalue weighted by Crippen LogP contribution is 2.36. The maximum absolute atomic E-state index is 10.2. The molecule has 4 N–H and O–H groups in total. The van der Waals surface area contributed by atoms with Crippen molar-refractivity contribution in [3.63, 3.8) is 0 Å². The van der Waals surface area contributed by atoms with Crippen molar-refractivity contribution in [1.82, 2.24) is 0 Å². The summed E-state index contributed by atoms with van der Waals surface area (Å²) in [7, 11) is 0. The van der Waals surface area contributed by atoms with Gasteiger partial charge in [-0.2, -0.15) is 0 Å². The van der Waals surface area contributed by atoms with E-state index in [0.29, 0.717) is 0 Å². The number of hydrogen-bond acceptors (Lipinski definition) is 8. The van der Waals surface area contributed by atoms with E-state index >= 15 is 0 Å². The number of aliphatic imine (C=N–C) groups is 2. The molecular formula is C21H38N2O6. The molecule has 0 unspecified atom stereocenters. The van der Waals surface area contributed by atoms with Crippen molar-refractivity contribution in [3.8, 4) is 0 Å². The first-order valence-corrected chi connectivity index (χ1v) is 10.7. The third-order valence-corrected chi connectivity index (χ3v) is 5.44. The van der Waals surface area contributed by atoms with Crippen LogP contribution < -0.4 is 0 Å². The molecule has 0 aromatic rings. The second-order valence-corrected chi connectivity index (χ2v) is 7.63. The van der Waals surface area contributed by atoms with Gasteiger partial charge in [0.15, 0.2) is 0 Å². The quantitative estimate of drug-likeness (QED) is 0.272. The van der Waals surface area contributed by atoms with Crippen molar-refractivity contribution in [1.29, 1.82) is 0 Å². The van der Waals surface area contributed by atoms with Crippen LogP contribution >= 0.6 is 0 Å². The number of rotatable bonds is 8. The number of nitrogens with zero attached hydrogens (tertiary/aromatic N) is 2. The molecule has 168 valence electrons. The fourth-order valence-electron chi connectivity index (χ4n) is 3.86. The minimum absolute atomic E-state index is 0.125. The molecule has 0 spiro atoms. The molecule has 2 saturated carbocycles. The molecule has 0 saturated heterocycles. The van der Waals surface area contributed by atoms with Crippen LogP contribution in [0.1, 0.15) is 70.6 Å². The third kappa shape index (κ3) is 15.1. The van der Waals surface area contributed by atoms with Crippen LogP contribution in [0.4, 0.5) is 0 Å². The minimum atomic E-state index is -0.125. The molecule has 2 aliphatic carbocycles. The Morgan fingerprint density at radius 3 is 1.17 bits per heavy atom. The van der Waals surface area contributed by atoms with Gasteiger partial charge in [0.1, 0.15) is 0 Å². The highest BCUT2D eigenvalue weighted by atomic mass is 16.3. The van der Waals surface area contributed by atoms with E-state index in [4.69, 9.17) is 20.4 Å². The summed E-state index contributed by atoms with van der Waals surface area (Å²) >= 11 is 0. The van der Waals surface area contributed by atoms with Gasteiger partial charge in [0.25, 0.3) is 0 Å². The number of aliphatic hydroxyl groups excluding tert-OH is 4. The predicted octanol–water partition coefficient (Wildman–Crippen LogP) is 1.89. The highest BCUT2D eigenvalue weighted by Gasteiger charge is 2.26. The minimum Gasteiger partial charge on any atom is -0.396 e. The third-order valence-electron chi connectivity index (χ3n) is 5.44. The smallest absolute Gasteiger partial charge is 0.235 e. The molecular weight excluding hydrogens is 376 g/mol. The zero-order valence-electron chi connectivity index (χ0n) is 17.4. The molecule has 0 heterocycles. The number of aliphatic hydroxyl groups is 4. The topological polar surface area (TPSA) is 140 Å². The maximum atomic E-state index is 10.2. The number of hydrogen-bond donors (Lipinski definition) is 4. The summed E-state index contributed by atoms with van der Waals surface area (Å²) in [5.41, 5.74) is 0. The molecule has 0 atom stereocenters. The molecule has 2 rings (SSSR count). The van der Waals surface area contributed by atoms with E-state index in [2.05, 4.69) is 9.98 Å². The SMILES string of the molecule is O=C=NC1CCC(CC2CCC(N=C=O)CC2)CC1.OCCCCO.OCCO. The Labute approximate surface area is 173 Å². The number of carbonyl (C=O) groups excluding carboxylic acids is 2. The number of unbranched alkanes of at least 4 members (excludes halogenated alkanes) is 1. The van der Waals surface area contributed by atoms with Crippen molar-refractivity contribution < 1.29 is 30.0 Å². The lowest BCUT2D eigenvalue weighted by Gasteiger charge is -2.31. The molecule has 8 heteroatoms. The van der Waals surface area contributed by atoms with Crippen LogP contribution in [0.3, 0.4) is 0 Å². The van der Waals surface area contributed by atoms with Gasteiger partial charge in [0.2, 0.25) is 12.2 Å². The number of isocyanates is 2. The van der Waals surface area contributed by atoms with Gasteiger partial charge < -0.3 is 20.4 Å². The van der Waals surface area contributed by atoms with E-state index in [1.807, 2.05) is 0 Å². The first kappa shape index (κ1) is 27.6. The van der Waals surface area contributed by atoms with Crippen LogP contribution in [0.5, 0.6) is 0 Å². The van der Waals surface area contributed by atoms with E-state index in [1.165, 1.54) is 32.1 Å². The molecule has 8 nitrogen and oxygen atoms in total. The Bertz CT molecular complexity index is 420. The summed E-state index contributed by atoms with van der Waals surface area (Å²) in [6.07, 6.45) is 15.1. The average molecular weight is 415 g/mol. The van der Waals surface area contributed by atoms with Crippen LogP contribution in [0, 0.1) is 11.8 Å². The van der Waals surface area contributed by atoms with Crippen molar-refractivity contribution in [2.45, 2.75) is 82.7 Å². The fraction of sp³-hybridized carbons (Fsp3) is 0.905. The molecule has 0 bridgehead atoms. The Balaban J connectivity index is 0.000000654. The summed E-state index contributed by atoms with van der Waals surface area (Å²) in [5, 5.41) is 31.4. The Kier molecular flexibility index (Phi) is 18.9. The van der Waals surface area contributed by atoms with Crippen molar-refractivity contribution >= 4 is 12.2 Å². The van der Waals surface area contributed by atoms with Crippen molar-refractivity contribution in [3.05, 3.63) is 0 Å². The molecule has 0 aromatic heterocycles. The van der Waals surface area contributed by atoms with Gasteiger partial charge in [0, 0.05) is 13.2 Å². The Morgan fingerprint density at radius 2 is 0.931 bits per heavy atom. The van der Waals surface area contributed by atoms with E-state index in [0.717, 1.165) is 50.4 Å². The van der Waals surface area contributed by atoms with Crippen LogP contribution in [-0.2, 0) is 9.59 Å². The lowest BCUT2D eigenvalue weighted by molar-refractivity contribution is 0.186. The summed E-state index contributed by atoms with van der Waals surface area (Å²) in [6.45, 7) is 0.140. The zero-order valence-corrected chi connectivity index (χ0v) is 17.4. The highest BCUT2D eigenvalue weighted by molar-refractivity contribution is 5.33. The van der Waals surface area contributed by atoms with E-state index < -0.39 is 0 Å². The van der Waals surface area contributed by atoms with Gasteiger partial charge in [-0.1, -0.05) is 0 Å². The molecule has 2 fully saturated rings. The second-order valence-electron chi connectivity index (χ2n) is 7.63. The Morgan fingerprint density at radius 1 is 0.586 bits per heavy atom. The van der Waals surface area contributed by atoms with E-state index in [-0.39, 0.29) is 38.5 Å². The zero-order chi connectivity index (χ0) is 21.7. The first-order valence-electron chi connectivity index (χ1n) is 10.7. The molecule has 0 radical (unpaired) electrons. The first-order chi connectivity index (χ1) is 14.1. The van der Waals surface area contributed by atoms with E-state index in [1.54, 1.807) is 12.2 Å². The van der Waals surface area contributed by atoms with Gasteiger partial charge in [-0.25, -0.2) is 19.6 Å². The summed E-state index contributed by atoms with van der Waals surface area (Å²) in [4.78, 5) is 28.1. The van der Waals surface area contributed by atoms with Crippen LogP contribution in [0.2, 0.25) is 0 Å². The lowest BCUT2D eigenvalue weighted by atomic mass is 9.76. The van der Waals surface area contributed by atoms with Crippen LogP contribution in [0.15, 0.2) is 9.98 Å². The lowest BCUT2D eigenvalue weighted by Crippen LogP contribution is -2.23. The van der Waals surface area contributed by atoms with Gasteiger partial charge in [-0.3, -0.25) is 0 Å². The van der Waals surface area contributed by atoms with Gasteiger partial charge >= 0.3 is 0 Å². The predicted molar refractivity (Wildman–Crippen MR) is 110 cm³/mol. The molecule has 0 aromatic carbocycles. The summed E-state index contributed by atoms with van der Waals surface area (Å²) < 4.78 is 0. The van der Waals surface area contributed by atoms with Crippen LogP contribution in [-0.4, -0.2) is 71.1 Å². The molecule has 0 amide bonds. The van der Waals surface area contributed by atoms with E-state index in [9.17, 15) is 9.59 Å². The van der Waals surface area contributed by atoms with Crippen molar-refractivity contribution in [2.75, 3.05) is 26.4 Å². The molecule has 2 aliphatic rings. The van der Waals surface area contributed by atoms with Gasteiger partial charge in [-0.15, -0.1) is 0 Å².